The maximum atomic E-state index is 11.5. The molecule has 0 aromatic carbocycles. The molecule has 4 nitrogen and oxygen atoms in total. The van der Waals surface area contributed by atoms with Crippen LogP contribution in [-0.4, -0.2) is 38.9 Å². The standard InChI is InChI=1S/C11H23NO3/c1-8(2)6-10(11(13)15-5)12-9(3)7-14-4/h8-10,12H,6-7H2,1-5H3. The molecule has 0 saturated heterocycles. The van der Waals surface area contributed by atoms with Crippen molar-refractivity contribution >= 4 is 5.97 Å². The average Bonchev–Trinajstić information content (AvgIpc) is 2.15. The molecule has 0 spiro atoms. The number of carbonyl (C=O) groups is 1. The summed E-state index contributed by atoms with van der Waals surface area (Å²) in [5.41, 5.74) is 0. The fraction of sp³-hybridized carbons (Fsp3) is 0.909. The van der Waals surface area contributed by atoms with Crippen LogP contribution >= 0.6 is 0 Å². The molecule has 0 aliphatic rings. The van der Waals surface area contributed by atoms with Crippen molar-refractivity contribution < 1.29 is 14.3 Å². The van der Waals surface area contributed by atoms with Gasteiger partial charge in [-0.15, -0.1) is 0 Å². The number of hydrogen-bond donors (Lipinski definition) is 1. The van der Waals surface area contributed by atoms with Gasteiger partial charge in [-0.05, 0) is 19.3 Å². The Morgan fingerprint density at radius 3 is 2.27 bits per heavy atom. The van der Waals surface area contributed by atoms with Crippen LogP contribution in [0.2, 0.25) is 0 Å². The van der Waals surface area contributed by atoms with Gasteiger partial charge in [-0.1, -0.05) is 13.8 Å². The van der Waals surface area contributed by atoms with Crippen LogP contribution in [0.5, 0.6) is 0 Å². The Balaban J connectivity index is 4.17. The van der Waals surface area contributed by atoms with Crippen LogP contribution in [0.3, 0.4) is 0 Å². The van der Waals surface area contributed by atoms with E-state index in [2.05, 4.69) is 19.2 Å². The lowest BCUT2D eigenvalue weighted by molar-refractivity contribution is -0.143. The Labute approximate surface area is 92.3 Å². The minimum Gasteiger partial charge on any atom is -0.468 e. The summed E-state index contributed by atoms with van der Waals surface area (Å²) >= 11 is 0. The number of nitrogens with one attached hydrogen (secondary N) is 1. The summed E-state index contributed by atoms with van der Waals surface area (Å²) in [6.45, 7) is 6.74. The Morgan fingerprint density at radius 2 is 1.87 bits per heavy atom. The lowest BCUT2D eigenvalue weighted by Crippen LogP contribution is -2.45. The van der Waals surface area contributed by atoms with Crippen LogP contribution in [0.4, 0.5) is 0 Å². The van der Waals surface area contributed by atoms with Crippen LogP contribution in [0, 0.1) is 5.92 Å². The van der Waals surface area contributed by atoms with Gasteiger partial charge in [-0.25, -0.2) is 0 Å². The van der Waals surface area contributed by atoms with E-state index in [4.69, 9.17) is 9.47 Å². The molecule has 0 radical (unpaired) electrons. The molecule has 4 heteroatoms. The molecular weight excluding hydrogens is 194 g/mol. The van der Waals surface area contributed by atoms with E-state index in [-0.39, 0.29) is 18.1 Å². The number of hydrogen-bond acceptors (Lipinski definition) is 4. The normalized spacial score (nSPS) is 15.1. The first-order chi connectivity index (χ1) is 7.01. The molecule has 90 valence electrons. The Morgan fingerprint density at radius 1 is 1.27 bits per heavy atom. The van der Waals surface area contributed by atoms with E-state index in [0.717, 1.165) is 6.42 Å². The Bertz CT molecular complexity index is 183. The second kappa shape index (κ2) is 7.65. The van der Waals surface area contributed by atoms with Crippen molar-refractivity contribution in [1.82, 2.24) is 5.32 Å². The summed E-state index contributed by atoms with van der Waals surface area (Å²) in [5, 5.41) is 3.20. The third-order valence-corrected chi connectivity index (χ3v) is 2.10. The topological polar surface area (TPSA) is 47.6 Å². The molecule has 2 unspecified atom stereocenters. The first-order valence-electron chi connectivity index (χ1n) is 5.34. The monoisotopic (exact) mass is 217 g/mol. The van der Waals surface area contributed by atoms with Gasteiger partial charge < -0.3 is 9.47 Å². The maximum Gasteiger partial charge on any atom is 0.322 e. The second-order valence-electron chi connectivity index (χ2n) is 4.23. The first kappa shape index (κ1) is 14.4. The zero-order valence-electron chi connectivity index (χ0n) is 10.4. The van der Waals surface area contributed by atoms with Crippen molar-refractivity contribution in [2.75, 3.05) is 20.8 Å². The molecular formula is C11H23NO3. The molecule has 0 aliphatic heterocycles. The summed E-state index contributed by atoms with van der Waals surface area (Å²) in [7, 11) is 3.06. The Kier molecular flexibility index (Phi) is 7.34. The molecule has 0 amide bonds. The van der Waals surface area contributed by atoms with Gasteiger partial charge in [-0.3, -0.25) is 10.1 Å². The predicted octanol–water partition coefficient (Wildman–Crippen LogP) is 1.20. The SMILES string of the molecule is COCC(C)NC(CC(C)C)C(=O)OC. The number of methoxy groups -OCH3 is 2. The van der Waals surface area contributed by atoms with Gasteiger partial charge in [0, 0.05) is 13.2 Å². The quantitative estimate of drug-likeness (QED) is 0.651. The van der Waals surface area contributed by atoms with E-state index in [0.29, 0.717) is 12.5 Å². The van der Waals surface area contributed by atoms with Crippen LogP contribution in [0.15, 0.2) is 0 Å². The van der Waals surface area contributed by atoms with Crippen molar-refractivity contribution in [2.24, 2.45) is 5.92 Å². The highest BCUT2D eigenvalue weighted by Gasteiger charge is 2.21. The summed E-state index contributed by atoms with van der Waals surface area (Å²) in [5.74, 6) is 0.253. The van der Waals surface area contributed by atoms with Crippen molar-refractivity contribution in [3.8, 4) is 0 Å². The first-order valence-corrected chi connectivity index (χ1v) is 5.34. The smallest absolute Gasteiger partial charge is 0.322 e. The molecule has 0 heterocycles. The van der Waals surface area contributed by atoms with Crippen LogP contribution < -0.4 is 5.32 Å². The molecule has 0 bridgehead atoms. The molecule has 1 N–H and O–H groups in total. The molecule has 2 atom stereocenters. The van der Waals surface area contributed by atoms with Gasteiger partial charge in [0.25, 0.3) is 0 Å². The lowest BCUT2D eigenvalue weighted by atomic mass is 10.0. The van der Waals surface area contributed by atoms with Gasteiger partial charge in [-0.2, -0.15) is 0 Å². The Hall–Kier alpha value is -0.610. The number of ether oxygens (including phenoxy) is 2. The maximum absolute atomic E-state index is 11.5. The highest BCUT2D eigenvalue weighted by atomic mass is 16.5. The van der Waals surface area contributed by atoms with Gasteiger partial charge in [0.05, 0.1) is 13.7 Å². The van der Waals surface area contributed by atoms with Crippen molar-refractivity contribution in [3.63, 3.8) is 0 Å². The van der Waals surface area contributed by atoms with E-state index in [1.165, 1.54) is 7.11 Å². The average molecular weight is 217 g/mol. The van der Waals surface area contributed by atoms with E-state index in [1.54, 1.807) is 7.11 Å². The van der Waals surface area contributed by atoms with Crippen molar-refractivity contribution in [3.05, 3.63) is 0 Å². The van der Waals surface area contributed by atoms with Gasteiger partial charge >= 0.3 is 5.97 Å². The number of carbonyl (C=O) groups excluding carboxylic acids is 1. The van der Waals surface area contributed by atoms with Gasteiger partial charge in [0.1, 0.15) is 6.04 Å². The predicted molar refractivity (Wildman–Crippen MR) is 59.7 cm³/mol. The number of esters is 1. The van der Waals surface area contributed by atoms with E-state index >= 15 is 0 Å². The minimum absolute atomic E-state index is 0.151. The fourth-order valence-corrected chi connectivity index (χ4v) is 1.49. The second-order valence-corrected chi connectivity index (χ2v) is 4.23. The molecule has 0 aliphatic carbocycles. The molecule has 0 fully saturated rings. The highest BCUT2D eigenvalue weighted by Crippen LogP contribution is 2.07. The third-order valence-electron chi connectivity index (χ3n) is 2.10. The molecule has 0 saturated carbocycles. The van der Waals surface area contributed by atoms with Crippen LogP contribution in [0.1, 0.15) is 27.2 Å². The van der Waals surface area contributed by atoms with Crippen LogP contribution in [0.25, 0.3) is 0 Å². The summed E-state index contributed by atoms with van der Waals surface area (Å²) in [6, 6.07) is -0.0852. The third kappa shape index (κ3) is 6.47. The molecule has 0 rings (SSSR count). The zero-order chi connectivity index (χ0) is 11.8. The van der Waals surface area contributed by atoms with E-state index in [1.807, 2.05) is 6.92 Å². The van der Waals surface area contributed by atoms with Crippen molar-refractivity contribution in [1.29, 1.82) is 0 Å². The summed E-state index contributed by atoms with van der Waals surface area (Å²) < 4.78 is 9.76. The van der Waals surface area contributed by atoms with Gasteiger partial charge in [0.15, 0.2) is 0 Å². The molecule has 0 aromatic rings. The van der Waals surface area contributed by atoms with Crippen molar-refractivity contribution in [2.45, 2.75) is 39.3 Å². The van der Waals surface area contributed by atoms with E-state index in [9.17, 15) is 4.79 Å². The largest absolute Gasteiger partial charge is 0.468 e. The number of rotatable bonds is 7. The highest BCUT2D eigenvalue weighted by molar-refractivity contribution is 5.75. The van der Waals surface area contributed by atoms with Gasteiger partial charge in [0.2, 0.25) is 0 Å². The molecule has 15 heavy (non-hydrogen) atoms. The minimum atomic E-state index is -0.236. The van der Waals surface area contributed by atoms with Crippen LogP contribution in [-0.2, 0) is 14.3 Å². The zero-order valence-corrected chi connectivity index (χ0v) is 10.4. The summed E-state index contributed by atoms with van der Waals surface area (Å²) in [4.78, 5) is 11.5. The van der Waals surface area contributed by atoms with E-state index < -0.39 is 0 Å². The lowest BCUT2D eigenvalue weighted by Gasteiger charge is -2.22. The fourth-order valence-electron chi connectivity index (χ4n) is 1.49. The molecule has 0 aromatic heterocycles. The summed E-state index contributed by atoms with van der Waals surface area (Å²) in [6.07, 6.45) is 0.778.